The Balaban J connectivity index is -0.0000000506. The topological polar surface area (TPSA) is 112 Å². The van der Waals surface area contributed by atoms with Crippen molar-refractivity contribution >= 4 is 86.6 Å². The fourth-order valence-electron chi connectivity index (χ4n) is 0.500. The standard InChI is InChI=1S/2C2H5ClO2.6C2H3.H2O.3Sn.H/c2*3-1-2(4)5;6*1-2;;;;;/h2*2,4-5H,1H2;6*1H,2H2;1H2;;;;. The summed E-state index contributed by atoms with van der Waals surface area (Å²) < 4.78 is 11.9. The van der Waals surface area contributed by atoms with Gasteiger partial charge in [-0.2, -0.15) is 0 Å². The molecule has 10 heteroatoms. The van der Waals surface area contributed by atoms with Crippen LogP contribution in [0.2, 0.25) is 0 Å². The zero-order valence-electron chi connectivity index (χ0n) is 14.9. The van der Waals surface area contributed by atoms with Crippen LogP contribution in [0.15, 0.2) is 64.0 Å². The van der Waals surface area contributed by atoms with Gasteiger partial charge < -0.3 is 25.9 Å². The van der Waals surface area contributed by atoms with E-state index >= 15 is 0 Å². The molecule has 0 aliphatic carbocycles. The summed E-state index contributed by atoms with van der Waals surface area (Å²) in [7, 11) is 0. The molecule has 0 aliphatic heterocycles. The molecule has 26 heavy (non-hydrogen) atoms. The molecule has 0 spiro atoms. The van der Waals surface area contributed by atoms with E-state index in [1.807, 2.05) is 24.6 Å². The predicted octanol–water partition coefficient (Wildman–Crippen LogP) is 0.912. The maximum absolute atomic E-state index is 7.78. The van der Waals surface area contributed by atoms with Gasteiger partial charge in [0.15, 0.2) is 12.6 Å². The number of rotatable bonds is 8. The predicted molar refractivity (Wildman–Crippen MR) is 121 cm³/mol. The van der Waals surface area contributed by atoms with E-state index in [1.54, 1.807) is 0 Å². The second-order valence-corrected chi connectivity index (χ2v) is 16.8. The zero-order chi connectivity index (χ0) is 20.0. The first kappa shape index (κ1) is 41.6. The molecular formula is C16H31Cl2O5Sn3. The number of hydrogen-bond acceptors (Lipinski definition) is 4. The quantitative estimate of drug-likeness (QED) is 0.169. The average molecular weight is 730 g/mol. The van der Waals surface area contributed by atoms with Gasteiger partial charge in [0.1, 0.15) is 0 Å². The molecule has 0 saturated carbocycles. The molecule has 6 N–H and O–H groups in total. The van der Waals surface area contributed by atoms with Crippen LogP contribution < -0.4 is 0 Å². The Bertz CT molecular complexity index is 274. The van der Waals surface area contributed by atoms with Crippen LogP contribution in [0.4, 0.5) is 0 Å². The summed E-state index contributed by atoms with van der Waals surface area (Å²) in [4.78, 5) is 0. The number of aliphatic hydroxyl groups is 4. The van der Waals surface area contributed by atoms with Gasteiger partial charge >= 0.3 is 127 Å². The van der Waals surface area contributed by atoms with Crippen LogP contribution >= 0.6 is 23.2 Å². The Morgan fingerprint density at radius 3 is 0.731 bits per heavy atom. The summed E-state index contributed by atoms with van der Waals surface area (Å²) in [5.41, 5.74) is 0. The van der Waals surface area contributed by atoms with Gasteiger partial charge in [0, 0.05) is 0 Å². The summed E-state index contributed by atoms with van der Waals surface area (Å²) >= 11 is 6.95. The van der Waals surface area contributed by atoms with Crippen molar-refractivity contribution in [2.75, 3.05) is 11.8 Å². The van der Waals surface area contributed by atoms with E-state index in [4.69, 9.17) is 43.6 Å². The molecule has 5 nitrogen and oxygen atoms in total. The Morgan fingerprint density at radius 2 is 0.731 bits per heavy atom. The van der Waals surface area contributed by atoms with Crippen LogP contribution in [-0.2, 0) is 0 Å². The normalized spacial score (nSPS) is 8.08. The van der Waals surface area contributed by atoms with Crippen molar-refractivity contribution in [3.63, 3.8) is 0 Å². The summed E-state index contributed by atoms with van der Waals surface area (Å²) in [5, 5.41) is 31.1. The summed E-state index contributed by atoms with van der Waals surface area (Å²) in [6.45, 7) is 21.9. The van der Waals surface area contributed by atoms with Crippen molar-refractivity contribution in [1.82, 2.24) is 0 Å². The van der Waals surface area contributed by atoms with E-state index in [2.05, 4.69) is 39.5 Å². The first-order valence-electron chi connectivity index (χ1n) is 6.57. The minimum atomic E-state index is -1.36. The van der Waals surface area contributed by atoms with E-state index in [1.165, 1.54) is 0 Å². The third-order valence-electron chi connectivity index (χ3n) is 1.69. The van der Waals surface area contributed by atoms with Gasteiger partial charge in [-0.05, 0) is 0 Å². The molecule has 0 heterocycles. The van der Waals surface area contributed by atoms with Crippen molar-refractivity contribution in [3.05, 3.63) is 64.0 Å². The van der Waals surface area contributed by atoms with Gasteiger partial charge in [-0.15, -0.1) is 23.2 Å². The van der Waals surface area contributed by atoms with E-state index in [0.29, 0.717) is 0 Å². The van der Waals surface area contributed by atoms with Gasteiger partial charge in [-0.25, -0.2) is 0 Å². The molecule has 0 amide bonds. The van der Waals surface area contributed by atoms with E-state index in [0.717, 1.165) is 0 Å². The van der Waals surface area contributed by atoms with Crippen molar-refractivity contribution in [2.24, 2.45) is 0 Å². The molecule has 0 atom stereocenters. The van der Waals surface area contributed by atoms with Gasteiger partial charge in [0.2, 0.25) is 0 Å². The van der Waals surface area contributed by atoms with Crippen molar-refractivity contribution in [2.45, 2.75) is 12.6 Å². The van der Waals surface area contributed by atoms with Crippen molar-refractivity contribution in [1.29, 1.82) is 0 Å². The summed E-state index contributed by atoms with van der Waals surface area (Å²) in [5.74, 6) is -0.222. The van der Waals surface area contributed by atoms with Crippen LogP contribution in [0.1, 0.15) is 0 Å². The molecule has 0 fully saturated rings. The molecule has 0 aromatic rings. The van der Waals surface area contributed by atoms with Gasteiger partial charge in [0.25, 0.3) is 0 Å². The number of halogens is 2. The monoisotopic (exact) mass is 733 g/mol. The fourth-order valence-corrected chi connectivity index (χ4v) is 3.35. The van der Waals surface area contributed by atoms with Gasteiger partial charge in [-0.1, -0.05) is 0 Å². The summed E-state index contributed by atoms with van der Waals surface area (Å²) in [6, 6.07) is 0. The van der Waals surface area contributed by atoms with E-state index < -0.39 is 52.1 Å². The second-order valence-electron chi connectivity index (χ2n) is 3.49. The molecule has 151 valence electrons. The Kier molecular flexibility index (Phi) is 59.2. The molecule has 0 unspecified atom stereocenters. The average Bonchev–Trinajstić information content (AvgIpc) is 2.59. The molecule has 0 aromatic carbocycles. The second kappa shape index (κ2) is 37.0. The third kappa shape index (κ3) is 49.9. The van der Waals surface area contributed by atoms with Crippen LogP contribution in [0.25, 0.3) is 0 Å². The van der Waals surface area contributed by atoms with E-state index in [-0.39, 0.29) is 41.1 Å². The third-order valence-corrected chi connectivity index (χ3v) is 10.3. The molecule has 0 aliphatic rings. The van der Waals surface area contributed by atoms with E-state index in [9.17, 15) is 0 Å². The molecule has 0 bridgehead atoms. The first-order valence-corrected chi connectivity index (χ1v) is 17.5. The van der Waals surface area contributed by atoms with Crippen molar-refractivity contribution in [3.8, 4) is 0 Å². The zero-order valence-corrected chi connectivity index (χ0v) is 25.4. The minimum absolute atomic E-state index is 0. The number of aliphatic hydroxyl groups excluding tert-OH is 2. The number of alkyl halides is 2. The van der Waals surface area contributed by atoms with Gasteiger partial charge in [0.05, 0.1) is 11.8 Å². The Labute approximate surface area is 198 Å². The molecule has 5 radical (unpaired) electrons. The van der Waals surface area contributed by atoms with Crippen molar-refractivity contribution < 1.29 is 25.9 Å². The Hall–Kier alpha value is 1.22. The molecular weight excluding hydrogens is 699 g/mol. The SMILES string of the molecule is C=[CH][Sn]([CH]=C)[CH]=C.C=[CH][Sn]([CH]=C)[CH]=C.O.OC(O)CCl.OC(O)CCl.[SnH]. The molecule has 0 saturated heterocycles. The fraction of sp³-hybridized carbons (Fsp3) is 0.250. The molecule has 0 rings (SSSR count). The summed E-state index contributed by atoms with van der Waals surface area (Å²) in [6.07, 6.45) is -2.70. The van der Waals surface area contributed by atoms with Gasteiger partial charge in [-0.3, -0.25) is 0 Å². The van der Waals surface area contributed by atoms with Crippen LogP contribution in [0.3, 0.4) is 0 Å². The Morgan fingerprint density at radius 1 is 0.615 bits per heavy atom. The number of hydrogen-bond donors (Lipinski definition) is 4. The molecule has 0 aromatic heterocycles. The maximum atomic E-state index is 7.78. The van der Waals surface area contributed by atoms with Crippen LogP contribution in [-0.4, -0.2) is 114 Å². The van der Waals surface area contributed by atoms with Crippen LogP contribution in [0.5, 0.6) is 0 Å². The first-order chi connectivity index (χ1) is 11.2. The van der Waals surface area contributed by atoms with Crippen LogP contribution in [0, 0.1) is 0 Å².